The molecule has 2 rings (SSSR count). The van der Waals surface area contributed by atoms with Gasteiger partial charge in [-0.25, -0.2) is 4.68 Å². The molecule has 0 atom stereocenters. The first-order chi connectivity index (χ1) is 8.15. The molecule has 0 spiro atoms. The minimum Gasteiger partial charge on any atom is -0.381 e. The summed E-state index contributed by atoms with van der Waals surface area (Å²) in [6.45, 7) is 1.51. The first kappa shape index (κ1) is 12.3. The number of nitrogens with two attached hydrogens (primary N) is 1. The van der Waals surface area contributed by atoms with Crippen molar-refractivity contribution in [3.05, 3.63) is 4.73 Å². The number of anilines is 1. The summed E-state index contributed by atoms with van der Waals surface area (Å²) in [5.41, 5.74) is 5.42. The number of nitrogen functional groups attached to an aromatic ring is 1. The van der Waals surface area contributed by atoms with E-state index in [1.807, 2.05) is 0 Å². The summed E-state index contributed by atoms with van der Waals surface area (Å²) >= 11 is 3.18. The Hall–Kier alpha value is -1.15. The van der Waals surface area contributed by atoms with E-state index < -0.39 is 0 Å². The Labute approximate surface area is 107 Å². The van der Waals surface area contributed by atoms with Gasteiger partial charge in [0, 0.05) is 19.3 Å². The Kier molecular flexibility index (Phi) is 3.95. The Morgan fingerprint density at radius 2 is 2.29 bits per heavy atom. The van der Waals surface area contributed by atoms with Gasteiger partial charge in [-0.05, 0) is 28.8 Å². The molecule has 1 saturated heterocycles. The van der Waals surface area contributed by atoms with Crippen LogP contribution >= 0.6 is 15.9 Å². The molecule has 8 heteroatoms. The molecule has 17 heavy (non-hydrogen) atoms. The Morgan fingerprint density at radius 1 is 1.59 bits per heavy atom. The van der Waals surface area contributed by atoms with Crippen LogP contribution in [0.5, 0.6) is 0 Å². The molecule has 1 fully saturated rings. The zero-order chi connectivity index (χ0) is 12.3. The quantitative estimate of drug-likeness (QED) is 0.814. The normalized spacial score (nSPS) is 17.0. The second-order valence-electron chi connectivity index (χ2n) is 3.85. The zero-order valence-electron chi connectivity index (χ0n) is 9.23. The molecule has 2 heterocycles. The number of rotatable bonds is 3. The summed E-state index contributed by atoms with van der Waals surface area (Å²) in [5, 5.41) is 6.83. The summed E-state index contributed by atoms with van der Waals surface area (Å²) in [7, 11) is 0. The fourth-order valence-electron chi connectivity index (χ4n) is 1.69. The van der Waals surface area contributed by atoms with Crippen molar-refractivity contribution in [3.63, 3.8) is 0 Å². The van der Waals surface area contributed by atoms with E-state index in [9.17, 15) is 4.79 Å². The highest BCUT2D eigenvalue weighted by Gasteiger charge is 2.17. The van der Waals surface area contributed by atoms with Crippen LogP contribution < -0.4 is 11.1 Å². The van der Waals surface area contributed by atoms with Gasteiger partial charge in [0.25, 0.3) is 0 Å². The lowest BCUT2D eigenvalue weighted by atomic mass is 10.1. The van der Waals surface area contributed by atoms with Crippen molar-refractivity contribution in [2.75, 3.05) is 18.9 Å². The molecular weight excluding hydrogens is 290 g/mol. The van der Waals surface area contributed by atoms with E-state index in [2.05, 4.69) is 31.3 Å². The van der Waals surface area contributed by atoms with Gasteiger partial charge in [-0.15, -0.1) is 5.10 Å². The monoisotopic (exact) mass is 303 g/mol. The van der Waals surface area contributed by atoms with Gasteiger partial charge in [0.1, 0.15) is 6.54 Å². The number of ether oxygens (including phenoxy) is 1. The molecule has 1 aromatic heterocycles. The van der Waals surface area contributed by atoms with E-state index in [1.54, 1.807) is 0 Å². The summed E-state index contributed by atoms with van der Waals surface area (Å²) in [5.74, 6) is 0.0539. The molecule has 0 radical (unpaired) electrons. The molecule has 3 N–H and O–H groups in total. The van der Waals surface area contributed by atoms with E-state index in [1.165, 1.54) is 4.68 Å². The summed E-state index contributed by atoms with van der Waals surface area (Å²) in [4.78, 5) is 15.6. The van der Waals surface area contributed by atoms with Gasteiger partial charge in [0.2, 0.25) is 11.9 Å². The number of halogens is 1. The largest absolute Gasteiger partial charge is 0.381 e. The molecule has 0 aromatic carbocycles. The zero-order valence-corrected chi connectivity index (χ0v) is 10.8. The molecule has 0 aliphatic carbocycles. The topological polar surface area (TPSA) is 95.1 Å². The molecule has 1 aliphatic rings. The highest BCUT2D eigenvalue weighted by atomic mass is 79.9. The molecule has 0 unspecified atom stereocenters. The van der Waals surface area contributed by atoms with Crippen molar-refractivity contribution in [1.82, 2.24) is 20.1 Å². The molecule has 7 nitrogen and oxygen atoms in total. The van der Waals surface area contributed by atoms with Crippen molar-refractivity contribution < 1.29 is 9.53 Å². The number of aromatic nitrogens is 3. The highest BCUT2D eigenvalue weighted by Crippen LogP contribution is 2.09. The number of nitrogens with one attached hydrogen (secondary N) is 1. The SMILES string of the molecule is Nc1nc(Br)n(CC(=O)NC2CCOCC2)n1. The molecule has 1 aliphatic heterocycles. The maximum Gasteiger partial charge on any atom is 0.242 e. The van der Waals surface area contributed by atoms with E-state index in [-0.39, 0.29) is 24.4 Å². The third kappa shape index (κ3) is 3.40. The summed E-state index contributed by atoms with van der Waals surface area (Å²) in [6.07, 6.45) is 1.71. The van der Waals surface area contributed by atoms with Gasteiger partial charge in [-0.1, -0.05) is 0 Å². The standard InChI is InChI=1S/C9H14BrN5O2/c10-8-13-9(11)14-15(8)5-7(16)12-6-1-3-17-4-2-6/h6H,1-5H2,(H2,11,14)(H,12,16). The molecule has 0 bridgehead atoms. The van der Waals surface area contributed by atoms with E-state index in [0.717, 1.165) is 12.8 Å². The van der Waals surface area contributed by atoms with Gasteiger partial charge >= 0.3 is 0 Å². The third-order valence-corrected chi connectivity index (χ3v) is 3.11. The summed E-state index contributed by atoms with van der Waals surface area (Å²) < 4.78 is 7.10. The summed E-state index contributed by atoms with van der Waals surface area (Å²) in [6, 6.07) is 0.191. The third-order valence-electron chi connectivity index (χ3n) is 2.52. The predicted molar refractivity (Wildman–Crippen MR) is 64.1 cm³/mol. The average molecular weight is 304 g/mol. The molecule has 1 amide bonds. The van der Waals surface area contributed by atoms with Crippen molar-refractivity contribution in [3.8, 4) is 0 Å². The van der Waals surface area contributed by atoms with Crippen molar-refractivity contribution >= 4 is 27.8 Å². The van der Waals surface area contributed by atoms with Crippen molar-refractivity contribution in [2.45, 2.75) is 25.4 Å². The second kappa shape index (κ2) is 5.46. The van der Waals surface area contributed by atoms with Crippen LogP contribution in [0.25, 0.3) is 0 Å². The lowest BCUT2D eigenvalue weighted by molar-refractivity contribution is -0.123. The van der Waals surface area contributed by atoms with Crippen LogP contribution in [0.4, 0.5) is 5.95 Å². The molecule has 1 aromatic rings. The fourth-order valence-corrected chi connectivity index (χ4v) is 2.08. The first-order valence-corrected chi connectivity index (χ1v) is 6.17. The number of nitrogens with zero attached hydrogens (tertiary/aromatic N) is 3. The van der Waals surface area contributed by atoms with E-state index in [4.69, 9.17) is 10.5 Å². The predicted octanol–water partition coefficient (Wildman–Crippen LogP) is -0.0820. The number of hydrogen-bond acceptors (Lipinski definition) is 5. The van der Waals surface area contributed by atoms with Gasteiger partial charge in [-0.2, -0.15) is 4.98 Å². The van der Waals surface area contributed by atoms with E-state index in [0.29, 0.717) is 17.9 Å². The Bertz CT molecular complexity index is 402. The maximum atomic E-state index is 11.7. The first-order valence-electron chi connectivity index (χ1n) is 5.38. The Morgan fingerprint density at radius 3 is 2.88 bits per heavy atom. The van der Waals surface area contributed by atoms with Crippen LogP contribution in [0.2, 0.25) is 0 Å². The minimum absolute atomic E-state index is 0.0949. The average Bonchev–Trinajstić information content (AvgIpc) is 2.58. The van der Waals surface area contributed by atoms with Crippen LogP contribution in [-0.2, 0) is 16.1 Å². The van der Waals surface area contributed by atoms with Crippen molar-refractivity contribution in [2.24, 2.45) is 0 Å². The maximum absolute atomic E-state index is 11.7. The van der Waals surface area contributed by atoms with Crippen LogP contribution in [0.15, 0.2) is 4.73 Å². The minimum atomic E-state index is -0.0949. The molecule has 0 saturated carbocycles. The van der Waals surface area contributed by atoms with Crippen LogP contribution in [0.3, 0.4) is 0 Å². The van der Waals surface area contributed by atoms with Crippen molar-refractivity contribution in [1.29, 1.82) is 0 Å². The molecule has 94 valence electrons. The smallest absolute Gasteiger partial charge is 0.242 e. The van der Waals surface area contributed by atoms with Crippen LogP contribution in [0.1, 0.15) is 12.8 Å². The number of carbonyl (C=O) groups is 1. The van der Waals surface area contributed by atoms with Gasteiger partial charge in [0.05, 0.1) is 0 Å². The van der Waals surface area contributed by atoms with Gasteiger partial charge < -0.3 is 15.8 Å². The lowest BCUT2D eigenvalue weighted by Crippen LogP contribution is -2.40. The van der Waals surface area contributed by atoms with Crippen LogP contribution in [0, 0.1) is 0 Å². The lowest BCUT2D eigenvalue weighted by Gasteiger charge is -2.23. The van der Waals surface area contributed by atoms with E-state index >= 15 is 0 Å². The highest BCUT2D eigenvalue weighted by molar-refractivity contribution is 9.10. The van der Waals surface area contributed by atoms with Gasteiger partial charge in [-0.3, -0.25) is 4.79 Å². The van der Waals surface area contributed by atoms with Gasteiger partial charge in [0.15, 0.2) is 4.73 Å². The fraction of sp³-hybridized carbons (Fsp3) is 0.667. The number of amides is 1. The van der Waals surface area contributed by atoms with Crippen LogP contribution in [-0.4, -0.2) is 39.9 Å². The number of carbonyl (C=O) groups excluding carboxylic acids is 1. The second-order valence-corrected chi connectivity index (χ2v) is 4.56. The number of hydrogen-bond donors (Lipinski definition) is 2. The molecular formula is C9H14BrN5O2. The Balaban J connectivity index is 1.86.